The van der Waals surface area contributed by atoms with E-state index in [1.54, 1.807) is 19.2 Å². The maximum Gasteiger partial charge on any atom is 0.269 e. The number of nitrogens with one attached hydrogen (secondary N) is 2. The number of rotatable bonds is 7. The summed E-state index contributed by atoms with van der Waals surface area (Å²) in [6.07, 6.45) is 5.14. The van der Waals surface area contributed by atoms with Gasteiger partial charge in [0.1, 0.15) is 0 Å². The van der Waals surface area contributed by atoms with Gasteiger partial charge in [-0.3, -0.25) is 20.0 Å². The van der Waals surface area contributed by atoms with Gasteiger partial charge in [0.05, 0.1) is 4.92 Å². The van der Waals surface area contributed by atoms with E-state index in [4.69, 9.17) is 0 Å². The lowest BCUT2D eigenvalue weighted by Crippen LogP contribution is -2.45. The van der Waals surface area contributed by atoms with E-state index in [1.165, 1.54) is 38.3 Å². The van der Waals surface area contributed by atoms with Crippen molar-refractivity contribution < 1.29 is 4.92 Å². The van der Waals surface area contributed by atoms with Crippen LogP contribution in [0.15, 0.2) is 29.3 Å². The molecule has 1 saturated heterocycles. The van der Waals surface area contributed by atoms with Crippen molar-refractivity contribution >= 4 is 11.6 Å². The number of hydrogen-bond acceptors (Lipinski definition) is 4. The first-order chi connectivity index (χ1) is 12.1. The van der Waals surface area contributed by atoms with Crippen molar-refractivity contribution in [2.24, 2.45) is 4.99 Å². The second-order valence-corrected chi connectivity index (χ2v) is 6.37. The van der Waals surface area contributed by atoms with Gasteiger partial charge in [0.25, 0.3) is 5.69 Å². The molecule has 25 heavy (non-hydrogen) atoms. The fraction of sp³-hybridized carbons (Fsp3) is 0.611. The van der Waals surface area contributed by atoms with E-state index in [0.29, 0.717) is 12.6 Å². The molecule has 0 spiro atoms. The summed E-state index contributed by atoms with van der Waals surface area (Å²) in [5.41, 5.74) is 0.970. The standard InChI is InChI=1S/C18H29N5O2/c1-3-16-8-4-5-11-22(16)12-10-20-18(19-2)21-14-15-7-6-9-17(13-15)23(24)25/h6-7,9,13,16H,3-5,8,10-12,14H2,1-2H3,(H2,19,20,21). The van der Waals surface area contributed by atoms with Crippen molar-refractivity contribution in [3.05, 3.63) is 39.9 Å². The summed E-state index contributed by atoms with van der Waals surface area (Å²) in [6, 6.07) is 7.36. The normalized spacial score (nSPS) is 18.8. The highest BCUT2D eigenvalue weighted by molar-refractivity contribution is 5.79. The maximum absolute atomic E-state index is 10.8. The SMILES string of the molecule is CCC1CCCCN1CCNC(=NC)NCc1cccc([N+](=O)[O-])c1. The lowest BCUT2D eigenvalue weighted by atomic mass is 10.0. The zero-order chi connectivity index (χ0) is 18.1. The van der Waals surface area contributed by atoms with Crippen LogP contribution in [-0.4, -0.2) is 48.5 Å². The number of nitrogens with zero attached hydrogens (tertiary/aromatic N) is 3. The van der Waals surface area contributed by atoms with Gasteiger partial charge < -0.3 is 10.6 Å². The van der Waals surface area contributed by atoms with E-state index in [1.807, 2.05) is 6.07 Å². The maximum atomic E-state index is 10.8. The molecule has 1 atom stereocenters. The van der Waals surface area contributed by atoms with E-state index in [-0.39, 0.29) is 10.6 Å². The van der Waals surface area contributed by atoms with Crippen molar-refractivity contribution in [3.63, 3.8) is 0 Å². The Hall–Kier alpha value is -2.15. The van der Waals surface area contributed by atoms with E-state index in [9.17, 15) is 10.1 Å². The Morgan fingerprint density at radius 1 is 1.40 bits per heavy atom. The van der Waals surface area contributed by atoms with E-state index in [0.717, 1.165) is 24.6 Å². The Morgan fingerprint density at radius 2 is 2.24 bits per heavy atom. The highest BCUT2D eigenvalue weighted by atomic mass is 16.6. The monoisotopic (exact) mass is 347 g/mol. The molecule has 7 heteroatoms. The molecule has 1 aromatic carbocycles. The zero-order valence-electron chi connectivity index (χ0n) is 15.2. The Morgan fingerprint density at radius 3 is 2.96 bits per heavy atom. The third-order valence-electron chi connectivity index (χ3n) is 4.72. The number of guanidine groups is 1. The molecular formula is C18H29N5O2. The van der Waals surface area contributed by atoms with Crippen LogP contribution in [-0.2, 0) is 6.54 Å². The number of aliphatic imine (C=N–C) groups is 1. The minimum Gasteiger partial charge on any atom is -0.355 e. The lowest BCUT2D eigenvalue weighted by Gasteiger charge is -2.35. The minimum atomic E-state index is -0.376. The average molecular weight is 347 g/mol. The van der Waals surface area contributed by atoms with Crippen molar-refractivity contribution in [3.8, 4) is 0 Å². The summed E-state index contributed by atoms with van der Waals surface area (Å²) in [4.78, 5) is 17.2. The molecule has 0 aromatic heterocycles. The van der Waals surface area contributed by atoms with Gasteiger partial charge in [-0.2, -0.15) is 0 Å². The van der Waals surface area contributed by atoms with Crippen LogP contribution in [0.5, 0.6) is 0 Å². The Kier molecular flexibility index (Phi) is 7.66. The highest BCUT2D eigenvalue weighted by Gasteiger charge is 2.19. The minimum absolute atomic E-state index is 0.109. The smallest absolute Gasteiger partial charge is 0.269 e. The van der Waals surface area contributed by atoms with Gasteiger partial charge in [0.2, 0.25) is 0 Å². The molecular weight excluding hydrogens is 318 g/mol. The number of piperidine rings is 1. The lowest BCUT2D eigenvalue weighted by molar-refractivity contribution is -0.384. The van der Waals surface area contributed by atoms with Crippen LogP contribution in [0.25, 0.3) is 0 Å². The van der Waals surface area contributed by atoms with E-state index < -0.39 is 0 Å². The quantitative estimate of drug-likeness (QED) is 0.343. The van der Waals surface area contributed by atoms with Crippen LogP contribution in [0.1, 0.15) is 38.2 Å². The molecule has 0 saturated carbocycles. The van der Waals surface area contributed by atoms with Gasteiger partial charge in [0.15, 0.2) is 5.96 Å². The fourth-order valence-corrected chi connectivity index (χ4v) is 3.32. The Labute approximate surface area is 149 Å². The molecule has 1 aromatic rings. The number of hydrogen-bond donors (Lipinski definition) is 2. The Balaban J connectivity index is 1.77. The summed E-state index contributed by atoms with van der Waals surface area (Å²) in [5, 5.41) is 17.4. The highest BCUT2D eigenvalue weighted by Crippen LogP contribution is 2.18. The molecule has 0 aliphatic carbocycles. The molecule has 1 aliphatic rings. The number of nitro groups is 1. The van der Waals surface area contributed by atoms with Crippen molar-refractivity contribution in [1.82, 2.24) is 15.5 Å². The van der Waals surface area contributed by atoms with Crippen LogP contribution in [0.2, 0.25) is 0 Å². The zero-order valence-corrected chi connectivity index (χ0v) is 15.2. The molecule has 138 valence electrons. The number of non-ortho nitro benzene ring substituents is 1. The van der Waals surface area contributed by atoms with Crippen molar-refractivity contribution in [2.45, 2.75) is 45.2 Å². The topological polar surface area (TPSA) is 82.8 Å². The molecule has 1 heterocycles. The third-order valence-corrected chi connectivity index (χ3v) is 4.72. The van der Waals surface area contributed by atoms with Crippen LogP contribution >= 0.6 is 0 Å². The van der Waals surface area contributed by atoms with Gasteiger partial charge in [-0.05, 0) is 31.4 Å². The van der Waals surface area contributed by atoms with E-state index >= 15 is 0 Å². The van der Waals surface area contributed by atoms with Gasteiger partial charge >= 0.3 is 0 Å². The first-order valence-electron chi connectivity index (χ1n) is 9.06. The molecule has 2 rings (SSSR count). The molecule has 0 bridgehead atoms. The van der Waals surface area contributed by atoms with Gasteiger partial charge in [-0.1, -0.05) is 25.5 Å². The first kappa shape index (κ1) is 19.2. The number of benzene rings is 1. The molecule has 0 amide bonds. The van der Waals surface area contributed by atoms with Gasteiger partial charge in [-0.15, -0.1) is 0 Å². The fourth-order valence-electron chi connectivity index (χ4n) is 3.32. The second-order valence-electron chi connectivity index (χ2n) is 6.37. The van der Waals surface area contributed by atoms with Crippen LogP contribution < -0.4 is 10.6 Å². The van der Waals surface area contributed by atoms with Gasteiger partial charge in [0, 0.05) is 44.9 Å². The molecule has 1 fully saturated rings. The molecule has 0 radical (unpaired) electrons. The van der Waals surface area contributed by atoms with Crippen LogP contribution in [0.3, 0.4) is 0 Å². The van der Waals surface area contributed by atoms with Crippen molar-refractivity contribution in [1.29, 1.82) is 0 Å². The van der Waals surface area contributed by atoms with Crippen LogP contribution in [0.4, 0.5) is 5.69 Å². The molecule has 7 nitrogen and oxygen atoms in total. The number of likely N-dealkylation sites (tertiary alicyclic amines) is 1. The largest absolute Gasteiger partial charge is 0.355 e. The summed E-state index contributed by atoms with van der Waals surface area (Å²) < 4.78 is 0. The summed E-state index contributed by atoms with van der Waals surface area (Å²) in [7, 11) is 1.73. The summed E-state index contributed by atoms with van der Waals surface area (Å²) in [5.74, 6) is 0.719. The molecule has 2 N–H and O–H groups in total. The van der Waals surface area contributed by atoms with Crippen molar-refractivity contribution in [2.75, 3.05) is 26.7 Å². The third kappa shape index (κ3) is 6.01. The van der Waals surface area contributed by atoms with Crippen LogP contribution in [0, 0.1) is 10.1 Å². The van der Waals surface area contributed by atoms with Gasteiger partial charge in [-0.25, -0.2) is 0 Å². The number of nitro benzene ring substituents is 1. The van der Waals surface area contributed by atoms with E-state index in [2.05, 4.69) is 27.4 Å². The average Bonchev–Trinajstić information content (AvgIpc) is 2.65. The molecule has 1 aliphatic heterocycles. The summed E-state index contributed by atoms with van der Waals surface area (Å²) >= 11 is 0. The second kappa shape index (κ2) is 9.98. The predicted molar refractivity (Wildman–Crippen MR) is 101 cm³/mol. The predicted octanol–water partition coefficient (Wildman–Crippen LogP) is 2.52. The Bertz CT molecular complexity index is 591. The molecule has 1 unspecified atom stereocenters. The summed E-state index contributed by atoms with van der Waals surface area (Å²) in [6.45, 7) is 5.79. The first-order valence-corrected chi connectivity index (χ1v) is 9.06.